The van der Waals surface area contributed by atoms with Crippen LogP contribution in [0.25, 0.3) is 10.9 Å². The molecule has 2 aromatic heterocycles. The smallest absolute Gasteiger partial charge is 0.264 e. The van der Waals surface area contributed by atoms with Crippen molar-refractivity contribution < 1.29 is 28.9 Å². The number of fused-ring (bicyclic) bond motifs is 3. The van der Waals surface area contributed by atoms with Crippen LogP contribution in [0, 0.1) is 5.92 Å². The molecular formula is C51H54N6O6Si. The molecule has 1 spiro atoms. The summed E-state index contributed by atoms with van der Waals surface area (Å²) in [6.45, 7) is 7.59. The van der Waals surface area contributed by atoms with Gasteiger partial charge in [0.1, 0.15) is 11.5 Å². The Morgan fingerprint density at radius 3 is 2.45 bits per heavy atom. The molecule has 9 rings (SSSR count). The van der Waals surface area contributed by atoms with E-state index >= 15 is 4.79 Å². The quantitative estimate of drug-likeness (QED) is 0.0882. The minimum absolute atomic E-state index is 0.00275. The number of carbonyl (C=O) groups is 2. The number of nitrogens with zero attached hydrogens (tertiary/aromatic N) is 4. The van der Waals surface area contributed by atoms with E-state index in [0.29, 0.717) is 30.1 Å². The average molecular weight is 875 g/mol. The molecule has 0 bridgehead atoms. The molecule has 2 aliphatic heterocycles. The molecule has 2 aliphatic rings. The summed E-state index contributed by atoms with van der Waals surface area (Å²) in [5.41, 5.74) is 5.34. The highest BCUT2D eigenvalue weighted by Crippen LogP contribution is 2.60. The molecule has 0 aliphatic carbocycles. The maximum atomic E-state index is 15.5. The van der Waals surface area contributed by atoms with E-state index in [2.05, 4.69) is 52.8 Å². The third-order valence-corrected chi connectivity index (χ3v) is 17.9. The van der Waals surface area contributed by atoms with Crippen molar-refractivity contribution in [2.45, 2.75) is 69.1 Å². The molecule has 7 aromatic rings. The molecular weight excluding hydrogens is 821 g/mol. The maximum absolute atomic E-state index is 15.5. The highest BCUT2D eigenvalue weighted by molar-refractivity contribution is 6.91. The van der Waals surface area contributed by atoms with Crippen molar-refractivity contribution >= 4 is 47.4 Å². The van der Waals surface area contributed by atoms with Crippen molar-refractivity contribution in [3.05, 3.63) is 162 Å². The number of hydrogen-bond donors (Lipinski definition) is 3. The Labute approximate surface area is 374 Å². The largest absolute Gasteiger partial charge is 0.497 e. The third-order valence-electron chi connectivity index (χ3n) is 13.6. The summed E-state index contributed by atoms with van der Waals surface area (Å²) in [5.74, 6) is 0.643. The van der Waals surface area contributed by atoms with Gasteiger partial charge in [-0.1, -0.05) is 103 Å². The first kappa shape index (κ1) is 42.7. The van der Waals surface area contributed by atoms with E-state index in [1.165, 1.54) is 5.19 Å². The van der Waals surface area contributed by atoms with Crippen LogP contribution in [0.1, 0.15) is 47.2 Å². The fourth-order valence-corrected chi connectivity index (χ4v) is 14.4. The number of amides is 2. The lowest BCUT2D eigenvalue weighted by Gasteiger charge is -2.37. The fraction of sp³-hybridized carbons (Fsp3) is 0.294. The number of aliphatic hydroxyl groups excluding tert-OH is 1. The summed E-state index contributed by atoms with van der Waals surface area (Å²) >= 11 is 0. The molecule has 5 atom stereocenters. The molecule has 1 unspecified atom stereocenters. The molecule has 2 amide bonds. The lowest BCUT2D eigenvalue weighted by molar-refractivity contribution is -0.146. The van der Waals surface area contributed by atoms with Gasteiger partial charge in [-0.3, -0.25) is 14.3 Å². The second-order valence-electron chi connectivity index (χ2n) is 17.6. The Kier molecular flexibility index (Phi) is 11.7. The van der Waals surface area contributed by atoms with Gasteiger partial charge in [-0.25, -0.2) is 0 Å². The van der Waals surface area contributed by atoms with Crippen LogP contribution >= 0.6 is 0 Å². The summed E-state index contributed by atoms with van der Waals surface area (Å²) < 4.78 is 20.6. The topological polar surface area (TPSA) is 144 Å². The number of hydrogen-bond acceptors (Lipinski definition) is 8. The SMILES string of the molecule is COc1ccc([Si](C)(C)[C@H]2[C@H](CCn3cc(C(CO)c4ccccc4)nn3)O[C@@]3(C(=O)N(Cc4cccc(NC(=O)Cc5c[nH]c6ccccc56)c4)c4ccc(OC)cc43)[C@@H]2C)cc1. The van der Waals surface area contributed by atoms with Crippen LogP contribution < -0.4 is 24.9 Å². The van der Waals surface area contributed by atoms with Crippen LogP contribution in [0.2, 0.25) is 18.6 Å². The lowest BCUT2D eigenvalue weighted by atomic mass is 9.82. The van der Waals surface area contributed by atoms with Gasteiger partial charge in [-0.2, -0.15) is 0 Å². The number of nitrogens with one attached hydrogen (secondary N) is 2. The fourth-order valence-electron chi connectivity index (χ4n) is 10.3. The molecule has 0 radical (unpaired) electrons. The first-order valence-electron chi connectivity index (χ1n) is 21.9. The Morgan fingerprint density at radius 2 is 1.69 bits per heavy atom. The van der Waals surface area contributed by atoms with E-state index in [1.807, 2.05) is 131 Å². The number of anilines is 2. The monoisotopic (exact) mass is 874 g/mol. The predicted molar refractivity (Wildman–Crippen MR) is 251 cm³/mol. The van der Waals surface area contributed by atoms with Crippen molar-refractivity contribution in [2.24, 2.45) is 5.92 Å². The molecule has 4 heterocycles. The first-order chi connectivity index (χ1) is 31.0. The average Bonchev–Trinajstić information content (AvgIpc) is 4.08. The summed E-state index contributed by atoms with van der Waals surface area (Å²) in [7, 11) is 0.870. The number of aryl methyl sites for hydroxylation is 1. The summed E-state index contributed by atoms with van der Waals surface area (Å²) in [5, 5.41) is 24.7. The normalized spacial score (nSPS) is 19.9. The van der Waals surface area contributed by atoms with Crippen LogP contribution in [0.15, 0.2) is 134 Å². The number of para-hydroxylation sites is 1. The highest BCUT2D eigenvalue weighted by Gasteiger charge is 2.66. The zero-order valence-corrected chi connectivity index (χ0v) is 37.8. The first-order valence-corrected chi connectivity index (χ1v) is 24.9. The molecule has 13 heteroatoms. The Balaban J connectivity index is 1.02. The van der Waals surface area contributed by atoms with E-state index < -0.39 is 13.7 Å². The third kappa shape index (κ3) is 7.77. The lowest BCUT2D eigenvalue weighted by Crippen LogP contribution is -2.51. The molecule has 328 valence electrons. The van der Waals surface area contributed by atoms with E-state index in [1.54, 1.807) is 14.2 Å². The molecule has 3 N–H and O–H groups in total. The molecule has 5 aromatic carbocycles. The Hall–Kier alpha value is -6.54. The maximum Gasteiger partial charge on any atom is 0.264 e. The number of aromatic amines is 1. The van der Waals surface area contributed by atoms with Crippen LogP contribution in [-0.4, -0.2) is 71.9 Å². The van der Waals surface area contributed by atoms with E-state index in [0.717, 1.165) is 44.6 Å². The molecule has 1 fully saturated rings. The zero-order valence-electron chi connectivity index (χ0n) is 36.8. The zero-order chi connectivity index (χ0) is 44.6. The number of carbonyl (C=O) groups excluding carboxylic acids is 2. The summed E-state index contributed by atoms with van der Waals surface area (Å²) in [6, 6.07) is 39.6. The minimum Gasteiger partial charge on any atom is -0.497 e. The van der Waals surface area contributed by atoms with Gasteiger partial charge in [0.25, 0.3) is 5.91 Å². The van der Waals surface area contributed by atoms with Gasteiger partial charge in [-0.05, 0) is 77.2 Å². The summed E-state index contributed by atoms with van der Waals surface area (Å²) in [6.07, 6.45) is 4.26. The highest BCUT2D eigenvalue weighted by atomic mass is 28.3. The van der Waals surface area contributed by atoms with Crippen molar-refractivity contribution in [1.82, 2.24) is 20.0 Å². The number of ether oxygens (including phenoxy) is 3. The van der Waals surface area contributed by atoms with E-state index in [-0.39, 0.29) is 54.9 Å². The molecule has 1 saturated heterocycles. The van der Waals surface area contributed by atoms with Gasteiger partial charge in [0.05, 0.1) is 65.3 Å². The second kappa shape index (κ2) is 17.6. The van der Waals surface area contributed by atoms with Crippen molar-refractivity contribution in [3.8, 4) is 11.5 Å². The number of methoxy groups -OCH3 is 2. The van der Waals surface area contributed by atoms with Crippen LogP contribution in [-0.2, 0) is 39.4 Å². The Bertz CT molecular complexity index is 2790. The Morgan fingerprint density at radius 1 is 0.938 bits per heavy atom. The second-order valence-corrected chi connectivity index (χ2v) is 22.2. The number of H-pyrrole nitrogens is 1. The van der Waals surface area contributed by atoms with Gasteiger partial charge >= 0.3 is 0 Å². The number of benzene rings is 5. The number of aromatic nitrogens is 4. The minimum atomic E-state index is -2.44. The van der Waals surface area contributed by atoms with Gasteiger partial charge in [-0.15, -0.1) is 5.10 Å². The van der Waals surface area contributed by atoms with E-state index in [9.17, 15) is 9.90 Å². The predicted octanol–water partition coefficient (Wildman–Crippen LogP) is 7.94. The van der Waals surface area contributed by atoms with Crippen LogP contribution in [0.3, 0.4) is 0 Å². The van der Waals surface area contributed by atoms with Crippen LogP contribution in [0.4, 0.5) is 11.4 Å². The molecule has 64 heavy (non-hydrogen) atoms. The number of aliphatic hydroxyl groups is 1. The standard InChI is InChI=1S/C51H54N6O6Si/c1-33-49(64(4,5)40-21-18-38(61-2)19-22-40)47(24-25-56-31-45(54-55-56)42(32-58)35-13-7-6-8-14-35)63-51(33)43-28-39(62-3)20-23-46(43)57(50(51)60)30-34-12-11-15-37(26-34)53-48(59)27-36-29-52-44-17-10-9-16-41(36)44/h6-23,26,28-29,31,33,42,47,49,52,58H,24-25,27,30,32H2,1-5H3,(H,53,59)/t33-,42?,47+,49-,51+/m1/s1. The van der Waals surface area contributed by atoms with Crippen molar-refractivity contribution in [3.63, 3.8) is 0 Å². The van der Waals surface area contributed by atoms with Gasteiger partial charge in [0, 0.05) is 47.0 Å². The van der Waals surface area contributed by atoms with Gasteiger partial charge in [0.2, 0.25) is 5.91 Å². The van der Waals surface area contributed by atoms with E-state index in [4.69, 9.17) is 14.2 Å². The van der Waals surface area contributed by atoms with Crippen LogP contribution in [0.5, 0.6) is 11.5 Å². The van der Waals surface area contributed by atoms with Gasteiger partial charge < -0.3 is 34.5 Å². The van der Waals surface area contributed by atoms with Gasteiger partial charge in [0.15, 0.2) is 5.60 Å². The molecule has 0 saturated carbocycles. The van der Waals surface area contributed by atoms with Crippen molar-refractivity contribution in [1.29, 1.82) is 0 Å². The molecule has 12 nitrogen and oxygen atoms in total. The summed E-state index contributed by atoms with van der Waals surface area (Å²) in [4.78, 5) is 34.0. The number of rotatable bonds is 15. The van der Waals surface area contributed by atoms with Crippen molar-refractivity contribution in [2.75, 3.05) is 31.0 Å².